The van der Waals surface area contributed by atoms with Crippen molar-refractivity contribution in [1.29, 1.82) is 0 Å². The van der Waals surface area contributed by atoms with Crippen LogP contribution in [0.5, 0.6) is 0 Å². The summed E-state index contributed by atoms with van der Waals surface area (Å²) >= 11 is 0. The first-order valence-corrected chi connectivity index (χ1v) is 6.90. The maximum absolute atomic E-state index is 13.9. The highest BCUT2D eigenvalue weighted by Crippen LogP contribution is 2.29. The predicted molar refractivity (Wildman–Crippen MR) is 81.0 cm³/mol. The Morgan fingerprint density at radius 3 is 2.67 bits per heavy atom. The van der Waals surface area contributed by atoms with Crippen LogP contribution in [-0.2, 0) is 6.54 Å². The summed E-state index contributed by atoms with van der Waals surface area (Å²) in [6.07, 6.45) is 3.73. The Labute approximate surface area is 122 Å². The highest BCUT2D eigenvalue weighted by molar-refractivity contribution is 5.87. The Morgan fingerprint density at radius 1 is 1.24 bits per heavy atom. The van der Waals surface area contributed by atoms with Crippen molar-refractivity contribution in [3.8, 4) is 0 Å². The zero-order valence-corrected chi connectivity index (χ0v) is 11.8. The summed E-state index contributed by atoms with van der Waals surface area (Å²) in [4.78, 5) is 0. The van der Waals surface area contributed by atoms with Crippen LogP contribution in [0.15, 0.2) is 48.8 Å². The highest BCUT2D eigenvalue weighted by atomic mass is 19.1. The van der Waals surface area contributed by atoms with Crippen LogP contribution in [0.25, 0.3) is 10.8 Å². The molecule has 3 aromatic rings. The SMILES string of the molecule is CCn1cc(C(NN)c2ccc(F)c3ccccc23)cn1. The van der Waals surface area contributed by atoms with Crippen LogP contribution >= 0.6 is 0 Å². The van der Waals surface area contributed by atoms with E-state index in [2.05, 4.69) is 10.5 Å². The first-order valence-electron chi connectivity index (χ1n) is 6.90. The van der Waals surface area contributed by atoms with Crippen molar-refractivity contribution in [1.82, 2.24) is 15.2 Å². The summed E-state index contributed by atoms with van der Waals surface area (Å²) in [7, 11) is 0. The number of halogens is 1. The molecule has 0 saturated heterocycles. The molecule has 0 amide bonds. The van der Waals surface area contributed by atoms with Crippen LogP contribution in [0.2, 0.25) is 0 Å². The van der Waals surface area contributed by atoms with Crippen molar-refractivity contribution >= 4 is 10.8 Å². The average Bonchev–Trinajstić information content (AvgIpc) is 2.99. The standard InChI is InChI=1S/C16H17FN4/c1-2-21-10-11(9-19-21)16(20-18)14-7-8-15(17)13-6-4-3-5-12(13)14/h3-10,16,20H,2,18H2,1H3. The lowest BCUT2D eigenvalue weighted by Gasteiger charge is -2.17. The molecule has 21 heavy (non-hydrogen) atoms. The topological polar surface area (TPSA) is 55.9 Å². The van der Waals surface area contributed by atoms with Crippen molar-refractivity contribution in [2.45, 2.75) is 19.5 Å². The summed E-state index contributed by atoms with van der Waals surface area (Å²) in [6, 6.07) is 10.4. The molecule has 1 aromatic heterocycles. The Bertz CT molecular complexity index is 766. The highest BCUT2D eigenvalue weighted by Gasteiger charge is 2.18. The van der Waals surface area contributed by atoms with Crippen LogP contribution in [0.1, 0.15) is 24.1 Å². The fourth-order valence-electron chi connectivity index (χ4n) is 2.60. The van der Waals surface area contributed by atoms with Gasteiger partial charge < -0.3 is 0 Å². The molecule has 1 unspecified atom stereocenters. The number of hydrogen-bond acceptors (Lipinski definition) is 3. The molecule has 0 radical (unpaired) electrons. The van der Waals surface area contributed by atoms with E-state index in [1.807, 2.05) is 36.0 Å². The molecule has 1 heterocycles. The Balaban J connectivity index is 2.15. The lowest BCUT2D eigenvalue weighted by atomic mass is 9.95. The van der Waals surface area contributed by atoms with E-state index in [4.69, 9.17) is 5.84 Å². The normalized spacial score (nSPS) is 12.7. The monoisotopic (exact) mass is 284 g/mol. The number of nitrogens with zero attached hydrogens (tertiary/aromatic N) is 2. The fourth-order valence-corrected chi connectivity index (χ4v) is 2.60. The number of benzene rings is 2. The molecule has 0 aliphatic heterocycles. The smallest absolute Gasteiger partial charge is 0.131 e. The second-order valence-electron chi connectivity index (χ2n) is 4.91. The largest absolute Gasteiger partial charge is 0.273 e. The molecule has 1 atom stereocenters. The van der Waals surface area contributed by atoms with Crippen molar-refractivity contribution in [2.75, 3.05) is 0 Å². The fraction of sp³-hybridized carbons (Fsp3) is 0.188. The van der Waals surface area contributed by atoms with Gasteiger partial charge in [0.2, 0.25) is 0 Å². The molecule has 0 aliphatic carbocycles. The second-order valence-corrected chi connectivity index (χ2v) is 4.91. The van der Waals surface area contributed by atoms with Gasteiger partial charge in [-0.1, -0.05) is 30.3 Å². The molecular formula is C16H17FN4. The van der Waals surface area contributed by atoms with E-state index in [1.165, 1.54) is 6.07 Å². The molecule has 0 fully saturated rings. The van der Waals surface area contributed by atoms with Crippen LogP contribution in [0.3, 0.4) is 0 Å². The lowest BCUT2D eigenvalue weighted by Crippen LogP contribution is -2.28. The third-order valence-corrected chi connectivity index (χ3v) is 3.69. The zero-order chi connectivity index (χ0) is 14.8. The number of rotatable bonds is 4. The average molecular weight is 284 g/mol. The molecule has 0 spiro atoms. The lowest BCUT2D eigenvalue weighted by molar-refractivity contribution is 0.624. The zero-order valence-electron chi connectivity index (χ0n) is 11.8. The van der Waals surface area contributed by atoms with Crippen LogP contribution in [0, 0.1) is 5.82 Å². The maximum Gasteiger partial charge on any atom is 0.131 e. The minimum Gasteiger partial charge on any atom is -0.273 e. The van der Waals surface area contributed by atoms with Gasteiger partial charge in [-0.15, -0.1) is 0 Å². The Hall–Kier alpha value is -2.24. The maximum atomic E-state index is 13.9. The van der Waals surface area contributed by atoms with Gasteiger partial charge in [0.25, 0.3) is 0 Å². The number of nitrogens with one attached hydrogen (secondary N) is 1. The van der Waals surface area contributed by atoms with Gasteiger partial charge in [0, 0.05) is 23.7 Å². The number of nitrogens with two attached hydrogens (primary N) is 1. The molecule has 4 nitrogen and oxygen atoms in total. The summed E-state index contributed by atoms with van der Waals surface area (Å²) in [5.74, 6) is 5.51. The molecule has 0 saturated carbocycles. The summed E-state index contributed by atoms with van der Waals surface area (Å²) in [6.45, 7) is 2.82. The minimum atomic E-state index is -0.227. The first kappa shape index (κ1) is 13.7. The van der Waals surface area contributed by atoms with Gasteiger partial charge in [-0.25, -0.2) is 9.82 Å². The number of aryl methyl sites for hydroxylation is 1. The van der Waals surface area contributed by atoms with E-state index < -0.39 is 0 Å². The quantitative estimate of drug-likeness (QED) is 0.572. The number of fused-ring (bicyclic) bond motifs is 1. The van der Waals surface area contributed by atoms with E-state index in [0.717, 1.165) is 23.1 Å². The second kappa shape index (κ2) is 5.63. The van der Waals surface area contributed by atoms with E-state index in [9.17, 15) is 4.39 Å². The number of hydrogen-bond donors (Lipinski definition) is 2. The summed E-state index contributed by atoms with van der Waals surface area (Å²) in [5, 5.41) is 5.72. The van der Waals surface area contributed by atoms with Gasteiger partial charge in [-0.2, -0.15) is 5.10 Å². The molecule has 0 aliphatic rings. The molecule has 108 valence electrons. The van der Waals surface area contributed by atoms with Gasteiger partial charge in [-0.05, 0) is 23.9 Å². The van der Waals surface area contributed by atoms with Crippen molar-refractivity contribution in [3.63, 3.8) is 0 Å². The van der Waals surface area contributed by atoms with Crippen molar-refractivity contribution in [2.24, 2.45) is 5.84 Å². The van der Waals surface area contributed by atoms with Gasteiger partial charge in [0.15, 0.2) is 0 Å². The van der Waals surface area contributed by atoms with Gasteiger partial charge in [0.1, 0.15) is 5.82 Å². The van der Waals surface area contributed by atoms with E-state index >= 15 is 0 Å². The van der Waals surface area contributed by atoms with Gasteiger partial charge in [0.05, 0.1) is 12.2 Å². The molecule has 3 N–H and O–H groups in total. The molecule has 0 bridgehead atoms. The first-order chi connectivity index (χ1) is 10.2. The van der Waals surface area contributed by atoms with Gasteiger partial charge in [-0.3, -0.25) is 10.5 Å². The van der Waals surface area contributed by atoms with E-state index in [0.29, 0.717) is 5.39 Å². The van der Waals surface area contributed by atoms with E-state index in [-0.39, 0.29) is 11.9 Å². The van der Waals surface area contributed by atoms with Crippen LogP contribution in [-0.4, -0.2) is 9.78 Å². The molecule has 5 heteroatoms. The molecule has 2 aromatic carbocycles. The van der Waals surface area contributed by atoms with Crippen molar-refractivity contribution < 1.29 is 4.39 Å². The Morgan fingerprint density at radius 2 is 2.00 bits per heavy atom. The third-order valence-electron chi connectivity index (χ3n) is 3.69. The van der Waals surface area contributed by atoms with Crippen LogP contribution < -0.4 is 11.3 Å². The number of hydrazine groups is 1. The molecular weight excluding hydrogens is 267 g/mol. The third kappa shape index (κ3) is 2.41. The van der Waals surface area contributed by atoms with Crippen LogP contribution in [0.4, 0.5) is 4.39 Å². The predicted octanol–water partition coefficient (Wildman–Crippen LogP) is 2.75. The summed E-state index contributed by atoms with van der Waals surface area (Å²) in [5.41, 5.74) is 4.70. The van der Waals surface area contributed by atoms with Crippen molar-refractivity contribution in [3.05, 3.63) is 65.7 Å². The van der Waals surface area contributed by atoms with Gasteiger partial charge >= 0.3 is 0 Å². The number of aromatic nitrogens is 2. The Kier molecular flexibility index (Phi) is 3.68. The minimum absolute atomic E-state index is 0.226. The van der Waals surface area contributed by atoms with E-state index in [1.54, 1.807) is 18.3 Å². The molecule has 3 rings (SSSR count). The summed E-state index contributed by atoms with van der Waals surface area (Å²) < 4.78 is 15.8.